The molecule has 1 saturated carbocycles. The summed E-state index contributed by atoms with van der Waals surface area (Å²) in [7, 11) is 4.27. The van der Waals surface area contributed by atoms with Gasteiger partial charge >= 0.3 is 0 Å². The number of pyridine rings is 1. The fraction of sp³-hybridized carbons (Fsp3) is 0.667. The van der Waals surface area contributed by atoms with Crippen molar-refractivity contribution in [2.24, 2.45) is 10.9 Å². The first-order valence-electron chi connectivity index (χ1n) is 10.3. The quantitative estimate of drug-likeness (QED) is 0.555. The molecule has 7 nitrogen and oxygen atoms in total. The summed E-state index contributed by atoms with van der Waals surface area (Å²) < 4.78 is 0. The maximum atomic E-state index is 12.7. The van der Waals surface area contributed by atoms with E-state index in [0.29, 0.717) is 31.6 Å². The van der Waals surface area contributed by atoms with Crippen LogP contribution in [0.15, 0.2) is 23.3 Å². The first-order valence-corrected chi connectivity index (χ1v) is 10.3. The predicted molar refractivity (Wildman–Crippen MR) is 113 cm³/mol. The van der Waals surface area contributed by atoms with Crippen LogP contribution in [0.4, 0.5) is 0 Å². The number of hydrogen-bond acceptors (Lipinski definition) is 6. The van der Waals surface area contributed by atoms with Crippen molar-refractivity contribution < 1.29 is 9.90 Å². The lowest BCUT2D eigenvalue weighted by atomic mass is 10.0. The van der Waals surface area contributed by atoms with Gasteiger partial charge in [-0.05, 0) is 57.5 Å². The minimum absolute atomic E-state index is 0.0438. The summed E-state index contributed by atoms with van der Waals surface area (Å²) in [5.74, 6) is 0.711. The highest BCUT2D eigenvalue weighted by atomic mass is 16.3. The van der Waals surface area contributed by atoms with Crippen molar-refractivity contribution in [1.82, 2.24) is 20.1 Å². The normalized spacial score (nSPS) is 19.6. The third-order valence-corrected chi connectivity index (χ3v) is 5.36. The Labute approximate surface area is 168 Å². The second kappa shape index (κ2) is 11.9. The SMILES string of the molecule is CCN(C[C@@H]1CCC[C@@H]1N(C)C)C(=O)CNCc1cc(C=NCCO)ccn1. The van der Waals surface area contributed by atoms with Gasteiger partial charge in [-0.25, -0.2) is 0 Å². The summed E-state index contributed by atoms with van der Waals surface area (Å²) >= 11 is 0. The lowest BCUT2D eigenvalue weighted by molar-refractivity contribution is -0.130. The Hall–Kier alpha value is -1.83. The maximum Gasteiger partial charge on any atom is 0.236 e. The molecule has 1 heterocycles. The third kappa shape index (κ3) is 6.96. The van der Waals surface area contributed by atoms with Gasteiger partial charge in [-0.3, -0.25) is 14.8 Å². The van der Waals surface area contributed by atoms with E-state index in [9.17, 15) is 4.79 Å². The molecule has 2 rings (SSSR count). The van der Waals surface area contributed by atoms with Crippen molar-refractivity contribution in [3.05, 3.63) is 29.6 Å². The van der Waals surface area contributed by atoms with Crippen LogP contribution < -0.4 is 5.32 Å². The van der Waals surface area contributed by atoms with Crippen LogP contribution in [0, 0.1) is 5.92 Å². The second-order valence-corrected chi connectivity index (χ2v) is 7.60. The highest BCUT2D eigenvalue weighted by molar-refractivity contribution is 5.79. The van der Waals surface area contributed by atoms with Crippen LogP contribution in [-0.4, -0.2) is 84.9 Å². The molecule has 0 aromatic carbocycles. The zero-order valence-electron chi connectivity index (χ0n) is 17.5. The van der Waals surface area contributed by atoms with Crippen LogP contribution in [-0.2, 0) is 11.3 Å². The molecule has 1 aromatic heterocycles. The molecule has 0 spiro atoms. The number of nitrogens with one attached hydrogen (secondary N) is 1. The fourth-order valence-corrected chi connectivity index (χ4v) is 3.91. The predicted octanol–water partition coefficient (Wildman–Crippen LogP) is 1.16. The molecule has 1 aliphatic carbocycles. The minimum atomic E-state index is 0.0438. The second-order valence-electron chi connectivity index (χ2n) is 7.60. The summed E-state index contributed by atoms with van der Waals surface area (Å²) in [5, 5.41) is 12.0. The van der Waals surface area contributed by atoms with E-state index in [1.54, 1.807) is 12.4 Å². The van der Waals surface area contributed by atoms with Crippen molar-refractivity contribution in [2.45, 2.75) is 38.8 Å². The van der Waals surface area contributed by atoms with E-state index in [-0.39, 0.29) is 12.5 Å². The van der Waals surface area contributed by atoms with Crippen molar-refractivity contribution in [3.63, 3.8) is 0 Å². The molecule has 0 unspecified atom stereocenters. The van der Waals surface area contributed by atoms with Crippen molar-refractivity contribution in [2.75, 3.05) is 46.9 Å². The smallest absolute Gasteiger partial charge is 0.236 e. The molecule has 2 N–H and O–H groups in total. The number of aliphatic imine (C=N–C) groups is 1. The molecule has 156 valence electrons. The monoisotopic (exact) mass is 389 g/mol. The van der Waals surface area contributed by atoms with E-state index in [0.717, 1.165) is 24.3 Å². The van der Waals surface area contributed by atoms with Crippen molar-refractivity contribution in [1.29, 1.82) is 0 Å². The van der Waals surface area contributed by atoms with Gasteiger partial charge in [0.25, 0.3) is 0 Å². The molecule has 0 saturated heterocycles. The van der Waals surface area contributed by atoms with Crippen LogP contribution >= 0.6 is 0 Å². The standard InChI is InChI=1S/C21H35N5O2/c1-4-26(16-18-6-5-7-20(18)25(2)3)21(28)15-23-14-19-12-17(8-9-24-19)13-22-10-11-27/h8-9,12-13,18,20,23,27H,4-7,10-11,14-16H2,1-3H3/t18-,20-/m0/s1. The summed E-state index contributed by atoms with van der Waals surface area (Å²) in [6.07, 6.45) is 7.15. The molecular formula is C21H35N5O2. The van der Waals surface area contributed by atoms with Gasteiger partial charge in [0.05, 0.1) is 25.4 Å². The Morgan fingerprint density at radius 1 is 1.43 bits per heavy atom. The molecule has 1 aliphatic rings. The summed E-state index contributed by atoms with van der Waals surface area (Å²) in [6, 6.07) is 4.39. The Balaban J connectivity index is 1.81. The number of aromatic nitrogens is 1. The van der Waals surface area contributed by atoms with Crippen LogP contribution in [0.25, 0.3) is 0 Å². The molecule has 0 radical (unpaired) electrons. The Bertz CT molecular complexity index is 635. The lowest BCUT2D eigenvalue weighted by Gasteiger charge is -2.31. The number of nitrogens with zero attached hydrogens (tertiary/aromatic N) is 4. The minimum Gasteiger partial charge on any atom is -0.394 e. The van der Waals surface area contributed by atoms with Crippen LogP contribution in [0.5, 0.6) is 0 Å². The number of amides is 1. The van der Waals surface area contributed by atoms with Gasteiger partial charge in [0, 0.05) is 38.1 Å². The Morgan fingerprint density at radius 2 is 2.25 bits per heavy atom. The Kier molecular flexibility index (Phi) is 9.54. The highest BCUT2D eigenvalue weighted by Gasteiger charge is 2.30. The van der Waals surface area contributed by atoms with Crippen LogP contribution in [0.2, 0.25) is 0 Å². The number of rotatable bonds is 11. The van der Waals surface area contributed by atoms with Gasteiger partial charge in [-0.1, -0.05) is 6.42 Å². The average molecular weight is 390 g/mol. The van der Waals surface area contributed by atoms with Crippen LogP contribution in [0.1, 0.15) is 37.4 Å². The first kappa shape index (κ1) is 22.5. The number of aliphatic hydroxyl groups is 1. The number of hydrogen-bond donors (Lipinski definition) is 2. The number of carbonyl (C=O) groups is 1. The zero-order chi connectivity index (χ0) is 20.4. The highest BCUT2D eigenvalue weighted by Crippen LogP contribution is 2.29. The summed E-state index contributed by atoms with van der Waals surface area (Å²) in [4.78, 5) is 25.4. The maximum absolute atomic E-state index is 12.7. The molecule has 1 aromatic rings. The van der Waals surface area contributed by atoms with Crippen molar-refractivity contribution >= 4 is 12.1 Å². The largest absolute Gasteiger partial charge is 0.394 e. The Morgan fingerprint density at radius 3 is 2.96 bits per heavy atom. The van der Waals surface area contributed by atoms with Gasteiger partial charge < -0.3 is 20.2 Å². The van der Waals surface area contributed by atoms with Gasteiger partial charge in [0.2, 0.25) is 5.91 Å². The molecule has 2 atom stereocenters. The average Bonchev–Trinajstić information content (AvgIpc) is 3.15. The van der Waals surface area contributed by atoms with Gasteiger partial charge in [-0.2, -0.15) is 0 Å². The third-order valence-electron chi connectivity index (χ3n) is 5.36. The van der Waals surface area contributed by atoms with Crippen molar-refractivity contribution in [3.8, 4) is 0 Å². The fourth-order valence-electron chi connectivity index (χ4n) is 3.91. The van der Waals surface area contributed by atoms with Gasteiger partial charge in [0.15, 0.2) is 0 Å². The summed E-state index contributed by atoms with van der Waals surface area (Å²) in [5.41, 5.74) is 1.81. The van der Waals surface area contributed by atoms with Crippen LogP contribution in [0.3, 0.4) is 0 Å². The molecule has 28 heavy (non-hydrogen) atoms. The summed E-state index contributed by atoms with van der Waals surface area (Å²) in [6.45, 7) is 4.93. The molecule has 0 aliphatic heterocycles. The van der Waals surface area contributed by atoms with Gasteiger partial charge in [-0.15, -0.1) is 0 Å². The number of likely N-dealkylation sites (N-methyl/N-ethyl adjacent to an activating group) is 1. The molecule has 7 heteroatoms. The van der Waals surface area contributed by atoms with E-state index in [4.69, 9.17) is 5.11 Å². The van der Waals surface area contributed by atoms with E-state index < -0.39 is 0 Å². The number of carbonyl (C=O) groups excluding carboxylic acids is 1. The lowest BCUT2D eigenvalue weighted by Crippen LogP contribution is -2.44. The first-order chi connectivity index (χ1) is 13.5. The molecular weight excluding hydrogens is 354 g/mol. The van der Waals surface area contributed by atoms with E-state index in [2.05, 4.69) is 34.3 Å². The van der Waals surface area contributed by atoms with Gasteiger partial charge in [0.1, 0.15) is 0 Å². The molecule has 1 amide bonds. The zero-order valence-corrected chi connectivity index (χ0v) is 17.5. The molecule has 0 bridgehead atoms. The number of aliphatic hydroxyl groups excluding tert-OH is 1. The topological polar surface area (TPSA) is 81.1 Å². The van der Waals surface area contributed by atoms with E-state index in [1.807, 2.05) is 24.0 Å². The molecule has 1 fully saturated rings. The van der Waals surface area contributed by atoms with E-state index in [1.165, 1.54) is 19.3 Å². The van der Waals surface area contributed by atoms with E-state index >= 15 is 0 Å².